The summed E-state index contributed by atoms with van der Waals surface area (Å²) in [7, 11) is 6.04. The molecule has 136 valence electrons. The largest absolute Gasteiger partial charge is 0.383 e. The first-order valence-electron chi connectivity index (χ1n) is 8.77. The molecule has 2 aliphatic rings. The lowest BCUT2D eigenvalue weighted by Crippen LogP contribution is -2.46. The fraction of sp³-hybridized carbons (Fsp3) is 0.722. The zero-order valence-corrected chi connectivity index (χ0v) is 15.9. The Morgan fingerprint density at radius 3 is 2.50 bits per heavy atom. The second kappa shape index (κ2) is 8.99. The van der Waals surface area contributed by atoms with Crippen LogP contribution in [0.4, 0.5) is 5.82 Å². The molecular formula is C18H31ClN4O. The number of nitrogens with one attached hydrogen (secondary N) is 1. The molecule has 2 bridgehead atoms. The summed E-state index contributed by atoms with van der Waals surface area (Å²) in [6.45, 7) is 2.57. The molecule has 1 aromatic heterocycles. The number of pyridine rings is 1. The number of piperidine rings is 1. The lowest BCUT2D eigenvalue weighted by atomic mass is 9.98. The molecule has 2 unspecified atom stereocenters. The fourth-order valence-electron chi connectivity index (χ4n) is 3.88. The molecule has 2 atom stereocenters. The van der Waals surface area contributed by atoms with Crippen molar-refractivity contribution >= 4 is 18.2 Å². The van der Waals surface area contributed by atoms with E-state index in [0.29, 0.717) is 6.04 Å². The molecule has 1 aromatic rings. The zero-order valence-electron chi connectivity index (χ0n) is 15.1. The van der Waals surface area contributed by atoms with Crippen molar-refractivity contribution in [1.82, 2.24) is 15.2 Å². The van der Waals surface area contributed by atoms with Gasteiger partial charge in [-0.05, 0) is 44.4 Å². The van der Waals surface area contributed by atoms with E-state index in [1.165, 1.54) is 31.2 Å². The van der Waals surface area contributed by atoms with Crippen LogP contribution in [0.15, 0.2) is 18.3 Å². The topological polar surface area (TPSA) is 40.6 Å². The molecule has 0 amide bonds. The average molecular weight is 355 g/mol. The summed E-state index contributed by atoms with van der Waals surface area (Å²) >= 11 is 0. The van der Waals surface area contributed by atoms with E-state index in [-0.39, 0.29) is 12.4 Å². The van der Waals surface area contributed by atoms with Gasteiger partial charge in [-0.15, -0.1) is 12.4 Å². The van der Waals surface area contributed by atoms with Gasteiger partial charge in [0.1, 0.15) is 5.82 Å². The predicted molar refractivity (Wildman–Crippen MR) is 101 cm³/mol. The van der Waals surface area contributed by atoms with Crippen LogP contribution in [0, 0.1) is 0 Å². The lowest BCUT2D eigenvalue weighted by Gasteiger charge is -2.35. The molecule has 6 heteroatoms. The van der Waals surface area contributed by atoms with Gasteiger partial charge in [-0.3, -0.25) is 4.90 Å². The molecule has 2 aliphatic heterocycles. The molecule has 0 saturated carbocycles. The van der Waals surface area contributed by atoms with E-state index in [4.69, 9.17) is 4.74 Å². The van der Waals surface area contributed by atoms with Gasteiger partial charge < -0.3 is 15.0 Å². The Bertz CT molecular complexity index is 486. The molecule has 0 radical (unpaired) electrons. The van der Waals surface area contributed by atoms with Crippen molar-refractivity contribution in [3.8, 4) is 0 Å². The predicted octanol–water partition coefficient (Wildman–Crippen LogP) is 2.30. The van der Waals surface area contributed by atoms with Gasteiger partial charge in [-0.25, -0.2) is 4.98 Å². The molecule has 1 N–H and O–H groups in total. The number of nitrogens with zero attached hydrogens (tertiary/aromatic N) is 3. The number of hydrogen-bond donors (Lipinski definition) is 1. The second-order valence-corrected chi connectivity index (χ2v) is 7.12. The Labute approximate surface area is 152 Å². The first-order valence-corrected chi connectivity index (χ1v) is 8.77. The number of fused-ring (bicyclic) bond motifs is 2. The summed E-state index contributed by atoms with van der Waals surface area (Å²) in [5.74, 6) is 1.01. The van der Waals surface area contributed by atoms with E-state index >= 15 is 0 Å². The highest BCUT2D eigenvalue weighted by Gasteiger charge is 2.34. The first kappa shape index (κ1) is 19.4. The Balaban J connectivity index is 0.00000208. The third-order valence-corrected chi connectivity index (χ3v) is 5.33. The maximum absolute atomic E-state index is 5.12. The first-order chi connectivity index (χ1) is 11.2. The maximum Gasteiger partial charge on any atom is 0.128 e. The van der Waals surface area contributed by atoms with Crippen molar-refractivity contribution in [1.29, 1.82) is 0 Å². The van der Waals surface area contributed by atoms with Gasteiger partial charge in [-0.1, -0.05) is 6.07 Å². The molecule has 5 nitrogen and oxygen atoms in total. The van der Waals surface area contributed by atoms with Crippen LogP contribution in [-0.2, 0) is 11.3 Å². The third kappa shape index (κ3) is 4.82. The number of halogens is 1. The summed E-state index contributed by atoms with van der Waals surface area (Å²) in [6.07, 6.45) is 7.32. The van der Waals surface area contributed by atoms with Gasteiger partial charge in [0.05, 0.1) is 6.61 Å². The van der Waals surface area contributed by atoms with Gasteiger partial charge in [-0.2, -0.15) is 0 Å². The van der Waals surface area contributed by atoms with Crippen LogP contribution in [0.25, 0.3) is 0 Å². The minimum atomic E-state index is 0. The summed E-state index contributed by atoms with van der Waals surface area (Å²) in [5, 5.41) is 3.72. The van der Waals surface area contributed by atoms with Gasteiger partial charge in [0.25, 0.3) is 0 Å². The minimum absolute atomic E-state index is 0. The quantitative estimate of drug-likeness (QED) is 0.813. The van der Waals surface area contributed by atoms with E-state index in [0.717, 1.165) is 37.6 Å². The molecule has 24 heavy (non-hydrogen) atoms. The zero-order chi connectivity index (χ0) is 16.2. The molecule has 0 spiro atoms. The highest BCUT2D eigenvalue weighted by molar-refractivity contribution is 5.85. The Kier molecular flexibility index (Phi) is 7.29. The number of anilines is 1. The van der Waals surface area contributed by atoms with Crippen molar-refractivity contribution in [3.63, 3.8) is 0 Å². The average Bonchev–Trinajstić information content (AvgIpc) is 2.91. The molecular weight excluding hydrogens is 324 g/mol. The van der Waals surface area contributed by atoms with Gasteiger partial charge >= 0.3 is 0 Å². The van der Waals surface area contributed by atoms with Crippen LogP contribution in [0.1, 0.15) is 31.2 Å². The smallest absolute Gasteiger partial charge is 0.128 e. The highest BCUT2D eigenvalue weighted by Crippen LogP contribution is 2.29. The normalized spacial score (nSPS) is 25.6. The standard InChI is InChI=1S/C18H30N4O.ClH/c1-21(8-9-23-3)18-7-4-14(12-19-18)13-22(2)17-10-15-5-6-16(11-17)20-15;/h4,7,12,15-17,20H,5-6,8-11,13H2,1-3H3;1H. The van der Waals surface area contributed by atoms with Crippen LogP contribution in [0.2, 0.25) is 0 Å². The molecule has 3 rings (SSSR count). The SMILES string of the molecule is COCCN(C)c1ccc(CN(C)C2CC3CCC(C2)N3)cn1.Cl. The third-order valence-electron chi connectivity index (χ3n) is 5.33. The van der Waals surface area contributed by atoms with E-state index in [2.05, 4.69) is 46.3 Å². The lowest BCUT2D eigenvalue weighted by molar-refractivity contribution is 0.166. The molecule has 0 aliphatic carbocycles. The summed E-state index contributed by atoms with van der Waals surface area (Å²) in [4.78, 5) is 9.24. The van der Waals surface area contributed by atoms with Gasteiger partial charge in [0.15, 0.2) is 0 Å². The van der Waals surface area contributed by atoms with E-state index in [1.54, 1.807) is 7.11 Å². The van der Waals surface area contributed by atoms with E-state index in [9.17, 15) is 0 Å². The van der Waals surface area contributed by atoms with Crippen molar-refractivity contribution in [2.45, 2.75) is 50.4 Å². The fourth-order valence-corrected chi connectivity index (χ4v) is 3.88. The number of aromatic nitrogens is 1. The van der Waals surface area contributed by atoms with Crippen molar-refractivity contribution < 1.29 is 4.74 Å². The van der Waals surface area contributed by atoms with E-state index in [1.807, 2.05) is 6.20 Å². The Hall–Kier alpha value is -0.880. The highest BCUT2D eigenvalue weighted by atomic mass is 35.5. The Morgan fingerprint density at radius 2 is 1.92 bits per heavy atom. The van der Waals surface area contributed by atoms with Crippen LogP contribution < -0.4 is 10.2 Å². The summed E-state index contributed by atoms with van der Waals surface area (Å²) in [6, 6.07) is 6.52. The van der Waals surface area contributed by atoms with Gasteiger partial charge in [0.2, 0.25) is 0 Å². The number of rotatable bonds is 7. The molecule has 2 fully saturated rings. The number of hydrogen-bond acceptors (Lipinski definition) is 5. The van der Waals surface area contributed by atoms with E-state index < -0.39 is 0 Å². The molecule has 0 aromatic carbocycles. The number of methoxy groups -OCH3 is 1. The summed E-state index contributed by atoms with van der Waals surface area (Å²) < 4.78 is 5.12. The van der Waals surface area contributed by atoms with Gasteiger partial charge in [0, 0.05) is 51.6 Å². The monoisotopic (exact) mass is 354 g/mol. The van der Waals surface area contributed by atoms with Crippen LogP contribution >= 0.6 is 12.4 Å². The van der Waals surface area contributed by atoms with Crippen LogP contribution in [-0.4, -0.2) is 62.4 Å². The van der Waals surface area contributed by atoms with Crippen molar-refractivity contribution in [3.05, 3.63) is 23.9 Å². The second-order valence-electron chi connectivity index (χ2n) is 7.12. The molecule has 2 saturated heterocycles. The minimum Gasteiger partial charge on any atom is -0.383 e. The van der Waals surface area contributed by atoms with Crippen molar-refractivity contribution in [2.75, 3.05) is 39.3 Å². The maximum atomic E-state index is 5.12. The summed E-state index contributed by atoms with van der Waals surface area (Å²) in [5.41, 5.74) is 1.29. The van der Waals surface area contributed by atoms with Crippen LogP contribution in [0.3, 0.4) is 0 Å². The van der Waals surface area contributed by atoms with Crippen LogP contribution in [0.5, 0.6) is 0 Å². The number of ether oxygens (including phenoxy) is 1. The number of likely N-dealkylation sites (N-methyl/N-ethyl adjacent to an activating group) is 1. The van der Waals surface area contributed by atoms with Crippen molar-refractivity contribution in [2.24, 2.45) is 0 Å². The molecule has 3 heterocycles. The Morgan fingerprint density at radius 1 is 1.21 bits per heavy atom.